The zero-order valence-corrected chi connectivity index (χ0v) is 24.0. The number of sulfone groups is 1. The van der Waals surface area contributed by atoms with Crippen molar-refractivity contribution in [1.29, 1.82) is 0 Å². The minimum atomic E-state index is -3.51. The average Bonchev–Trinajstić information content (AvgIpc) is 2.96. The molecule has 2 heterocycles. The van der Waals surface area contributed by atoms with Crippen LogP contribution in [0.25, 0.3) is 0 Å². The highest BCUT2D eigenvalue weighted by atomic mass is 32.2. The van der Waals surface area contributed by atoms with E-state index in [1.165, 1.54) is 6.33 Å². The number of nitrogens with zero attached hydrogens (tertiary/aromatic N) is 5. The smallest absolute Gasteiger partial charge is 0.232 e. The summed E-state index contributed by atoms with van der Waals surface area (Å²) < 4.78 is 31.2. The highest BCUT2D eigenvalue weighted by molar-refractivity contribution is 7.92. The van der Waals surface area contributed by atoms with Crippen LogP contribution < -0.4 is 25.6 Å². The van der Waals surface area contributed by atoms with Gasteiger partial charge in [-0.25, -0.2) is 18.4 Å². The second kappa shape index (κ2) is 12.9. The van der Waals surface area contributed by atoms with Crippen LogP contribution in [0.15, 0.2) is 53.7 Å². The third-order valence-electron chi connectivity index (χ3n) is 6.65. The van der Waals surface area contributed by atoms with Crippen LogP contribution in [0.1, 0.15) is 20.3 Å². The van der Waals surface area contributed by atoms with Gasteiger partial charge in [-0.15, -0.1) is 0 Å². The molecule has 0 atom stereocenters. The van der Waals surface area contributed by atoms with Crippen LogP contribution >= 0.6 is 0 Å². The van der Waals surface area contributed by atoms with Crippen molar-refractivity contribution in [2.75, 3.05) is 62.4 Å². The summed E-state index contributed by atoms with van der Waals surface area (Å²) in [6.07, 6.45) is 1.85. The molecule has 1 aliphatic rings. The van der Waals surface area contributed by atoms with Crippen molar-refractivity contribution in [1.82, 2.24) is 25.2 Å². The van der Waals surface area contributed by atoms with Crippen LogP contribution in [0, 0.1) is 0 Å². The van der Waals surface area contributed by atoms with E-state index >= 15 is 0 Å². The van der Waals surface area contributed by atoms with Gasteiger partial charge in [-0.1, -0.05) is 12.1 Å². The topological polar surface area (TPSA) is 142 Å². The molecular weight excluding hydrogens is 532 g/mol. The third-order valence-corrected chi connectivity index (χ3v) is 8.86. The molecule has 13 heteroatoms. The molecule has 214 valence electrons. The SMILES string of the molecule is CNCCC(=O)N1CCN(c2ccc(Nc3ncnc(Nc4ccccc4S(=O)(=O)C(C)C)n3)c(OC)c2)CC1. The van der Waals surface area contributed by atoms with Crippen molar-refractivity contribution in [2.45, 2.75) is 30.4 Å². The Labute approximate surface area is 235 Å². The standard InChI is InChI=1S/C27H36N8O4S/c1-19(2)40(37,38)24-8-6-5-7-22(24)32-27-30-18-29-26(33-27)31-21-10-9-20(17-23(21)39-4)34-13-15-35(16-14-34)25(36)11-12-28-3/h5-10,17-19,28H,11-16H2,1-4H3,(H2,29,30,31,32,33). The fourth-order valence-electron chi connectivity index (χ4n) is 4.31. The number of amides is 1. The zero-order chi connectivity index (χ0) is 28.7. The lowest BCUT2D eigenvalue weighted by Crippen LogP contribution is -2.49. The minimum Gasteiger partial charge on any atom is -0.494 e. The maximum Gasteiger partial charge on any atom is 0.232 e. The lowest BCUT2D eigenvalue weighted by molar-refractivity contribution is -0.131. The summed E-state index contributed by atoms with van der Waals surface area (Å²) in [5, 5.41) is 8.62. The lowest BCUT2D eigenvalue weighted by atomic mass is 10.2. The molecule has 0 spiro atoms. The number of piperazine rings is 1. The van der Waals surface area contributed by atoms with Gasteiger partial charge in [-0.2, -0.15) is 4.98 Å². The van der Waals surface area contributed by atoms with Gasteiger partial charge in [-0.3, -0.25) is 4.79 Å². The van der Waals surface area contributed by atoms with Gasteiger partial charge in [0.2, 0.25) is 17.8 Å². The molecule has 4 rings (SSSR count). The monoisotopic (exact) mass is 568 g/mol. The van der Waals surface area contributed by atoms with Crippen molar-refractivity contribution in [2.24, 2.45) is 0 Å². The Hall–Kier alpha value is -3.97. The van der Waals surface area contributed by atoms with Gasteiger partial charge in [0.05, 0.1) is 28.6 Å². The van der Waals surface area contributed by atoms with E-state index in [-0.39, 0.29) is 22.7 Å². The predicted molar refractivity (Wildman–Crippen MR) is 155 cm³/mol. The Bertz CT molecular complexity index is 1430. The number of aromatic nitrogens is 3. The highest BCUT2D eigenvalue weighted by Crippen LogP contribution is 2.32. The van der Waals surface area contributed by atoms with E-state index in [0.29, 0.717) is 43.2 Å². The molecule has 1 aliphatic heterocycles. The highest BCUT2D eigenvalue weighted by Gasteiger charge is 2.24. The van der Waals surface area contributed by atoms with Crippen LogP contribution in [0.3, 0.4) is 0 Å². The molecule has 40 heavy (non-hydrogen) atoms. The van der Waals surface area contributed by atoms with Crippen molar-refractivity contribution >= 4 is 44.7 Å². The normalized spacial score (nSPS) is 13.8. The molecular formula is C27H36N8O4S. The molecule has 3 N–H and O–H groups in total. The van der Waals surface area contributed by atoms with Gasteiger partial charge in [-0.05, 0) is 45.2 Å². The second-order valence-electron chi connectivity index (χ2n) is 9.58. The molecule has 0 radical (unpaired) electrons. The number of hydrogen-bond acceptors (Lipinski definition) is 11. The minimum absolute atomic E-state index is 0.169. The predicted octanol–water partition coefficient (Wildman–Crippen LogP) is 2.81. The quantitative estimate of drug-likeness (QED) is 0.314. The molecule has 3 aromatic rings. The van der Waals surface area contributed by atoms with E-state index in [1.54, 1.807) is 45.2 Å². The number of hydrogen-bond donors (Lipinski definition) is 3. The summed E-state index contributed by atoms with van der Waals surface area (Å²) in [5.74, 6) is 1.23. The molecule has 1 amide bonds. The van der Waals surface area contributed by atoms with E-state index in [2.05, 4.69) is 35.8 Å². The van der Waals surface area contributed by atoms with Crippen molar-refractivity contribution < 1.29 is 17.9 Å². The van der Waals surface area contributed by atoms with E-state index in [0.717, 1.165) is 18.8 Å². The first kappa shape index (κ1) is 29.0. The fraction of sp³-hybridized carbons (Fsp3) is 0.407. The van der Waals surface area contributed by atoms with Gasteiger partial charge in [0, 0.05) is 50.9 Å². The first-order valence-corrected chi connectivity index (χ1v) is 14.7. The van der Waals surface area contributed by atoms with Crippen LogP contribution in [-0.4, -0.2) is 86.3 Å². The molecule has 1 fully saturated rings. The number of rotatable bonds is 11. The molecule has 1 aromatic heterocycles. The van der Waals surface area contributed by atoms with Crippen molar-refractivity contribution in [3.8, 4) is 5.75 Å². The molecule has 1 saturated heterocycles. The first-order valence-electron chi connectivity index (χ1n) is 13.1. The Morgan fingerprint density at radius 2 is 1.68 bits per heavy atom. The summed E-state index contributed by atoms with van der Waals surface area (Å²) in [7, 11) is -0.0758. The zero-order valence-electron chi connectivity index (χ0n) is 23.2. The molecule has 12 nitrogen and oxygen atoms in total. The summed E-state index contributed by atoms with van der Waals surface area (Å²) >= 11 is 0. The summed E-state index contributed by atoms with van der Waals surface area (Å²) in [6.45, 7) is 6.78. The third kappa shape index (κ3) is 6.77. The molecule has 2 aromatic carbocycles. The number of benzene rings is 2. The summed E-state index contributed by atoms with van der Waals surface area (Å²) in [6, 6.07) is 12.5. The molecule has 0 aliphatic carbocycles. The van der Waals surface area contributed by atoms with Crippen LogP contribution in [0.5, 0.6) is 5.75 Å². The molecule has 0 unspecified atom stereocenters. The number of para-hydroxylation sites is 1. The number of carbonyl (C=O) groups excluding carboxylic acids is 1. The summed E-state index contributed by atoms with van der Waals surface area (Å²) in [5.41, 5.74) is 2.04. The Kier molecular flexibility index (Phi) is 9.38. The van der Waals surface area contributed by atoms with Crippen LogP contribution in [0.2, 0.25) is 0 Å². The Morgan fingerprint density at radius 1 is 1.00 bits per heavy atom. The number of carbonyl (C=O) groups is 1. The number of anilines is 5. The van der Waals surface area contributed by atoms with Gasteiger partial charge in [0.25, 0.3) is 0 Å². The average molecular weight is 569 g/mol. The molecule has 0 bridgehead atoms. The van der Waals surface area contributed by atoms with Crippen LogP contribution in [0.4, 0.5) is 29.0 Å². The van der Waals surface area contributed by atoms with Crippen LogP contribution in [-0.2, 0) is 14.6 Å². The van der Waals surface area contributed by atoms with E-state index in [9.17, 15) is 13.2 Å². The maximum absolute atomic E-state index is 12.8. The Morgan fingerprint density at radius 3 is 2.33 bits per heavy atom. The first-order chi connectivity index (χ1) is 19.2. The largest absolute Gasteiger partial charge is 0.494 e. The molecule has 0 saturated carbocycles. The lowest BCUT2D eigenvalue weighted by Gasteiger charge is -2.36. The summed E-state index contributed by atoms with van der Waals surface area (Å²) in [4.78, 5) is 29.4. The number of nitrogens with one attached hydrogen (secondary N) is 3. The van der Waals surface area contributed by atoms with Gasteiger partial charge >= 0.3 is 0 Å². The van der Waals surface area contributed by atoms with E-state index in [1.807, 2.05) is 30.1 Å². The van der Waals surface area contributed by atoms with Gasteiger partial charge in [0.15, 0.2) is 9.84 Å². The Balaban J connectivity index is 1.46. The van der Waals surface area contributed by atoms with Crippen molar-refractivity contribution in [3.05, 3.63) is 48.8 Å². The van der Waals surface area contributed by atoms with Gasteiger partial charge in [0.1, 0.15) is 12.1 Å². The number of methoxy groups -OCH3 is 1. The maximum atomic E-state index is 12.8. The van der Waals surface area contributed by atoms with Gasteiger partial charge < -0.3 is 30.5 Å². The fourth-order valence-corrected chi connectivity index (χ4v) is 5.52. The van der Waals surface area contributed by atoms with E-state index < -0.39 is 15.1 Å². The van der Waals surface area contributed by atoms with Crippen molar-refractivity contribution in [3.63, 3.8) is 0 Å². The number of ether oxygens (including phenoxy) is 1. The van der Waals surface area contributed by atoms with E-state index in [4.69, 9.17) is 4.74 Å². The second-order valence-corrected chi connectivity index (χ2v) is 12.1.